The topological polar surface area (TPSA) is 50.7 Å². The second-order valence-corrected chi connectivity index (χ2v) is 3.52. The first-order valence-corrected chi connectivity index (χ1v) is 4.96. The third kappa shape index (κ3) is 1.32. The van der Waals surface area contributed by atoms with E-state index in [9.17, 15) is 4.79 Å². The van der Waals surface area contributed by atoms with Gasteiger partial charge in [0.05, 0.1) is 11.2 Å². The molecule has 3 aromatic rings. The van der Waals surface area contributed by atoms with Gasteiger partial charge in [-0.2, -0.15) is 0 Å². The highest BCUT2D eigenvalue weighted by molar-refractivity contribution is 5.80. The van der Waals surface area contributed by atoms with Crippen LogP contribution in [0.15, 0.2) is 53.7 Å². The predicted octanol–water partition coefficient (Wildman–Crippen LogP) is 1.71. The van der Waals surface area contributed by atoms with Crippen molar-refractivity contribution in [2.24, 2.45) is 0 Å². The Morgan fingerprint density at radius 3 is 3.00 bits per heavy atom. The molecule has 0 aliphatic carbocycles. The first kappa shape index (κ1) is 8.91. The zero-order chi connectivity index (χ0) is 11.0. The fourth-order valence-corrected chi connectivity index (χ4v) is 1.74. The zero-order valence-corrected chi connectivity index (χ0v) is 8.42. The first-order valence-electron chi connectivity index (χ1n) is 4.96. The highest BCUT2D eigenvalue weighted by Gasteiger charge is 2.01. The van der Waals surface area contributed by atoms with Crippen LogP contribution in [0.3, 0.4) is 0 Å². The van der Waals surface area contributed by atoms with Crippen LogP contribution in [0.1, 0.15) is 0 Å². The molecule has 0 aliphatic rings. The molecule has 0 atom stereocenters. The Bertz CT molecular complexity index is 696. The van der Waals surface area contributed by atoms with Crippen molar-refractivity contribution in [3.05, 3.63) is 59.4 Å². The van der Waals surface area contributed by atoms with Crippen LogP contribution in [0, 0.1) is 0 Å². The molecule has 3 rings (SSSR count). The molecule has 0 amide bonds. The highest BCUT2D eigenvalue weighted by Crippen LogP contribution is 2.15. The molecule has 0 unspecified atom stereocenters. The number of benzene rings is 1. The van der Waals surface area contributed by atoms with Crippen LogP contribution in [0.25, 0.3) is 16.6 Å². The van der Waals surface area contributed by atoms with Gasteiger partial charge in [-0.05, 0) is 24.3 Å². The van der Waals surface area contributed by atoms with Crippen LogP contribution in [0.5, 0.6) is 0 Å². The third-order valence-corrected chi connectivity index (χ3v) is 2.51. The van der Waals surface area contributed by atoms with Crippen molar-refractivity contribution in [2.45, 2.75) is 0 Å². The second-order valence-electron chi connectivity index (χ2n) is 3.52. The number of aromatic nitrogens is 3. The summed E-state index contributed by atoms with van der Waals surface area (Å²) in [7, 11) is 0. The molecule has 4 heteroatoms. The van der Waals surface area contributed by atoms with Crippen molar-refractivity contribution in [2.75, 3.05) is 0 Å². The second kappa shape index (κ2) is 3.34. The minimum atomic E-state index is -0.136. The Kier molecular flexibility index (Phi) is 1.86. The molecule has 2 heterocycles. The molecule has 0 radical (unpaired) electrons. The maximum absolute atomic E-state index is 11.4. The van der Waals surface area contributed by atoms with Gasteiger partial charge in [0.1, 0.15) is 0 Å². The molecular formula is C12H9N3O. The lowest BCUT2D eigenvalue weighted by molar-refractivity contribution is 0.989. The summed E-state index contributed by atoms with van der Waals surface area (Å²) in [5.41, 5.74) is 1.63. The average Bonchev–Trinajstić information content (AvgIpc) is 2.75. The van der Waals surface area contributed by atoms with E-state index >= 15 is 0 Å². The maximum atomic E-state index is 11.4. The molecule has 0 bridgehead atoms. The van der Waals surface area contributed by atoms with Crippen molar-refractivity contribution in [1.82, 2.24) is 14.5 Å². The molecule has 0 saturated heterocycles. The predicted molar refractivity (Wildman–Crippen MR) is 61.7 cm³/mol. The van der Waals surface area contributed by atoms with Crippen molar-refractivity contribution in [3.8, 4) is 5.69 Å². The normalized spacial score (nSPS) is 10.8. The van der Waals surface area contributed by atoms with Gasteiger partial charge in [0, 0.05) is 24.0 Å². The van der Waals surface area contributed by atoms with Crippen LogP contribution in [0.2, 0.25) is 0 Å². The number of hydrogen-bond donors (Lipinski definition) is 1. The van der Waals surface area contributed by atoms with E-state index in [4.69, 9.17) is 0 Å². The smallest absolute Gasteiger partial charge is 0.312 e. The van der Waals surface area contributed by atoms with Crippen LogP contribution in [0.4, 0.5) is 0 Å². The lowest BCUT2D eigenvalue weighted by atomic mass is 10.2. The van der Waals surface area contributed by atoms with Gasteiger partial charge in [0.25, 0.3) is 0 Å². The van der Waals surface area contributed by atoms with E-state index in [-0.39, 0.29) is 5.69 Å². The number of imidazole rings is 1. The van der Waals surface area contributed by atoms with Crippen molar-refractivity contribution in [3.63, 3.8) is 0 Å². The Hall–Kier alpha value is -2.36. The Balaban J connectivity index is 2.27. The van der Waals surface area contributed by atoms with Crippen molar-refractivity contribution < 1.29 is 0 Å². The molecule has 0 fully saturated rings. The largest absolute Gasteiger partial charge is 0.330 e. The van der Waals surface area contributed by atoms with Gasteiger partial charge in [0.2, 0.25) is 0 Å². The fraction of sp³-hybridized carbons (Fsp3) is 0. The standard InChI is InChI=1S/C12H9N3O/c16-12-14-6-7-15(12)10-3-4-11-9(8-10)2-1-5-13-11/h1-8H,(H,14,16). The molecular weight excluding hydrogens is 202 g/mol. The first-order chi connectivity index (χ1) is 7.84. The summed E-state index contributed by atoms with van der Waals surface area (Å²) in [6, 6.07) is 9.59. The number of fused-ring (bicyclic) bond motifs is 1. The SMILES string of the molecule is O=c1[nH]ccn1-c1ccc2ncccc2c1. The number of aromatic amines is 1. The molecule has 16 heavy (non-hydrogen) atoms. The van der Waals surface area contributed by atoms with E-state index in [1.54, 1.807) is 23.2 Å². The van der Waals surface area contributed by atoms with Gasteiger partial charge in [0.15, 0.2) is 0 Å². The minimum absolute atomic E-state index is 0.136. The van der Waals surface area contributed by atoms with E-state index in [0.717, 1.165) is 16.6 Å². The quantitative estimate of drug-likeness (QED) is 0.666. The Morgan fingerprint density at radius 2 is 2.19 bits per heavy atom. The van der Waals surface area contributed by atoms with Gasteiger partial charge in [-0.3, -0.25) is 9.55 Å². The van der Waals surface area contributed by atoms with E-state index in [0.29, 0.717) is 0 Å². The molecule has 1 aromatic carbocycles. The van der Waals surface area contributed by atoms with E-state index in [2.05, 4.69) is 9.97 Å². The summed E-state index contributed by atoms with van der Waals surface area (Å²) >= 11 is 0. The number of hydrogen-bond acceptors (Lipinski definition) is 2. The van der Waals surface area contributed by atoms with Gasteiger partial charge in [-0.25, -0.2) is 4.79 Å². The van der Waals surface area contributed by atoms with Crippen molar-refractivity contribution >= 4 is 10.9 Å². The van der Waals surface area contributed by atoms with Crippen LogP contribution in [-0.2, 0) is 0 Å². The van der Waals surface area contributed by atoms with Crippen LogP contribution >= 0.6 is 0 Å². The average molecular weight is 211 g/mol. The summed E-state index contributed by atoms with van der Waals surface area (Å²) in [5.74, 6) is 0. The maximum Gasteiger partial charge on any atom is 0.330 e. The molecule has 78 valence electrons. The molecule has 0 aliphatic heterocycles. The minimum Gasteiger partial charge on any atom is -0.312 e. The Labute approximate surface area is 91.2 Å². The molecule has 2 aromatic heterocycles. The van der Waals surface area contributed by atoms with Crippen LogP contribution < -0.4 is 5.69 Å². The van der Waals surface area contributed by atoms with Crippen molar-refractivity contribution in [1.29, 1.82) is 0 Å². The third-order valence-electron chi connectivity index (χ3n) is 2.51. The monoisotopic (exact) mass is 211 g/mol. The van der Waals surface area contributed by atoms with E-state index in [1.165, 1.54) is 0 Å². The van der Waals surface area contributed by atoms with Crippen LogP contribution in [-0.4, -0.2) is 14.5 Å². The lowest BCUT2D eigenvalue weighted by Gasteiger charge is -2.02. The molecule has 1 N–H and O–H groups in total. The van der Waals surface area contributed by atoms with E-state index in [1.807, 2.05) is 30.3 Å². The number of H-pyrrole nitrogens is 1. The fourth-order valence-electron chi connectivity index (χ4n) is 1.74. The zero-order valence-electron chi connectivity index (χ0n) is 8.42. The number of nitrogens with zero attached hydrogens (tertiary/aromatic N) is 2. The summed E-state index contributed by atoms with van der Waals surface area (Å²) < 4.78 is 1.56. The van der Waals surface area contributed by atoms with Gasteiger partial charge in [-0.15, -0.1) is 0 Å². The van der Waals surface area contributed by atoms with E-state index < -0.39 is 0 Å². The Morgan fingerprint density at radius 1 is 1.25 bits per heavy atom. The summed E-state index contributed by atoms with van der Waals surface area (Å²) in [6.07, 6.45) is 5.08. The lowest BCUT2D eigenvalue weighted by Crippen LogP contribution is -2.13. The van der Waals surface area contributed by atoms with Gasteiger partial charge >= 0.3 is 5.69 Å². The molecule has 0 spiro atoms. The highest BCUT2D eigenvalue weighted by atomic mass is 16.1. The summed E-state index contributed by atoms with van der Waals surface area (Å²) in [6.45, 7) is 0. The number of pyridine rings is 1. The number of nitrogens with one attached hydrogen (secondary N) is 1. The van der Waals surface area contributed by atoms with Gasteiger partial charge < -0.3 is 4.98 Å². The number of rotatable bonds is 1. The van der Waals surface area contributed by atoms with Gasteiger partial charge in [-0.1, -0.05) is 6.07 Å². The molecule has 4 nitrogen and oxygen atoms in total. The molecule has 0 saturated carbocycles. The summed E-state index contributed by atoms with van der Waals surface area (Å²) in [5, 5.41) is 1.02. The summed E-state index contributed by atoms with van der Waals surface area (Å²) in [4.78, 5) is 18.3.